The van der Waals surface area contributed by atoms with Crippen LogP contribution in [0.2, 0.25) is 0 Å². The normalized spacial score (nSPS) is 16.4. The lowest BCUT2D eigenvalue weighted by atomic mass is 9.83. The van der Waals surface area contributed by atoms with Crippen molar-refractivity contribution in [2.45, 2.75) is 24.9 Å². The Morgan fingerprint density at radius 2 is 1.10 bits per heavy atom. The van der Waals surface area contributed by atoms with Crippen molar-refractivity contribution < 1.29 is 8.83 Å². The van der Waals surface area contributed by atoms with Gasteiger partial charge in [-0.25, -0.2) is 9.98 Å². The fraction of sp³-hybridized carbons (Fsp3) is 0.0714. The number of hydrogen-bond donors (Lipinski definition) is 1. The SMILES string of the molecule is c1ccc2c(c1)-c1cc3ccccc3cc1CCC2c1cc(C2=NC(c3ccc4ccccc4c3)N=C(c3ccc4oc5ccccc5c4c3)N2)cc2oc3ccccc3c12. The van der Waals surface area contributed by atoms with Crippen LogP contribution in [-0.2, 0) is 6.42 Å². The van der Waals surface area contributed by atoms with Crippen LogP contribution in [0, 0.1) is 0 Å². The van der Waals surface area contributed by atoms with E-state index in [-0.39, 0.29) is 5.92 Å². The average Bonchev–Trinajstić information content (AvgIpc) is 3.84. The third-order valence-electron chi connectivity index (χ3n) is 12.9. The first-order valence-electron chi connectivity index (χ1n) is 21.1. The van der Waals surface area contributed by atoms with Gasteiger partial charge in [-0.2, -0.15) is 0 Å². The molecule has 9 aromatic carbocycles. The first-order chi connectivity index (χ1) is 30.2. The number of fused-ring (bicyclic) bond motifs is 11. The van der Waals surface area contributed by atoms with Crippen LogP contribution in [0.15, 0.2) is 201 Å². The predicted octanol–water partition coefficient (Wildman–Crippen LogP) is 14.0. The summed E-state index contributed by atoms with van der Waals surface area (Å²) in [5.74, 6) is 1.60. The fourth-order valence-electron chi connectivity index (χ4n) is 10.0. The summed E-state index contributed by atoms with van der Waals surface area (Å²) < 4.78 is 13.0. The molecule has 3 heterocycles. The molecule has 2 aromatic heterocycles. The molecule has 288 valence electrons. The third-order valence-corrected chi connectivity index (χ3v) is 12.9. The van der Waals surface area contributed by atoms with Crippen molar-refractivity contribution in [3.8, 4) is 11.1 Å². The van der Waals surface area contributed by atoms with E-state index < -0.39 is 6.17 Å². The van der Waals surface area contributed by atoms with Crippen LogP contribution in [0.4, 0.5) is 0 Å². The number of hydrogen-bond acceptors (Lipinski definition) is 5. The number of rotatable bonds is 4. The minimum absolute atomic E-state index is 0.0977. The molecule has 1 aliphatic carbocycles. The molecular formula is C56H37N3O2. The first kappa shape index (κ1) is 34.1. The van der Waals surface area contributed by atoms with E-state index in [1.54, 1.807) is 0 Å². The summed E-state index contributed by atoms with van der Waals surface area (Å²) in [6.45, 7) is 0. The predicted molar refractivity (Wildman–Crippen MR) is 250 cm³/mol. The van der Waals surface area contributed by atoms with E-state index >= 15 is 0 Å². The second-order valence-corrected chi connectivity index (χ2v) is 16.4. The maximum Gasteiger partial charge on any atom is 0.169 e. The molecule has 0 fully saturated rings. The Hall–Kier alpha value is -7.76. The Balaban J connectivity index is 1.01. The lowest BCUT2D eigenvalue weighted by Gasteiger charge is -2.24. The minimum atomic E-state index is -0.482. The number of nitrogens with zero attached hydrogens (tertiary/aromatic N) is 2. The summed E-state index contributed by atoms with van der Waals surface area (Å²) in [6.07, 6.45) is 1.42. The number of amidine groups is 2. The summed E-state index contributed by atoms with van der Waals surface area (Å²) in [7, 11) is 0. The number of aryl methyl sites for hydroxylation is 1. The highest BCUT2D eigenvalue weighted by Gasteiger charge is 2.29. The van der Waals surface area contributed by atoms with Gasteiger partial charge in [0.2, 0.25) is 0 Å². The number of nitrogens with one attached hydrogen (secondary N) is 1. The topological polar surface area (TPSA) is 63.0 Å². The van der Waals surface area contributed by atoms with Gasteiger partial charge in [0.1, 0.15) is 34.0 Å². The quantitative estimate of drug-likeness (QED) is 0.193. The zero-order valence-corrected chi connectivity index (χ0v) is 33.1. The molecule has 0 saturated carbocycles. The molecule has 1 aliphatic heterocycles. The monoisotopic (exact) mass is 783 g/mol. The second-order valence-electron chi connectivity index (χ2n) is 16.4. The summed E-state index contributed by atoms with van der Waals surface area (Å²) in [4.78, 5) is 10.8. The summed E-state index contributed by atoms with van der Waals surface area (Å²) >= 11 is 0. The van der Waals surface area contributed by atoms with E-state index in [4.69, 9.17) is 18.8 Å². The first-order valence-corrected chi connectivity index (χ1v) is 21.1. The van der Waals surface area contributed by atoms with Crippen LogP contribution in [0.1, 0.15) is 51.9 Å². The van der Waals surface area contributed by atoms with Gasteiger partial charge in [0.25, 0.3) is 0 Å². The van der Waals surface area contributed by atoms with Crippen LogP contribution >= 0.6 is 0 Å². The van der Waals surface area contributed by atoms with Gasteiger partial charge in [-0.1, -0.05) is 127 Å². The Morgan fingerprint density at radius 3 is 1.95 bits per heavy atom. The zero-order chi connectivity index (χ0) is 40.0. The van der Waals surface area contributed by atoms with Crippen molar-refractivity contribution in [1.29, 1.82) is 0 Å². The number of aliphatic imine (C=N–C) groups is 2. The van der Waals surface area contributed by atoms with Gasteiger partial charge in [-0.05, 0) is 122 Å². The van der Waals surface area contributed by atoms with E-state index in [1.165, 1.54) is 44.0 Å². The molecule has 2 unspecified atom stereocenters. The van der Waals surface area contributed by atoms with Gasteiger partial charge in [0, 0.05) is 38.6 Å². The van der Waals surface area contributed by atoms with Crippen molar-refractivity contribution in [3.05, 3.63) is 215 Å². The van der Waals surface area contributed by atoms with Gasteiger partial charge in [-0.15, -0.1) is 0 Å². The standard InChI is InChI=1S/C56H37N3O2/c1-2-12-34-28-38(22-21-33(34)11-1)54-57-55(39-24-26-51-47(30-39)44-17-7-9-19-49(44)60-51)59-56(58-54)40-31-48(53-45-18-8-10-20-50(45)61-52(53)32-40)43-25-23-37-27-35-13-3-4-14-36(35)29-46(37)42-16-6-5-15-41(42)43/h1-22,24,26-32,43,54H,23,25H2,(H,57,58,59). The van der Waals surface area contributed by atoms with Crippen molar-refractivity contribution in [2.24, 2.45) is 9.98 Å². The molecule has 13 rings (SSSR count). The Bertz CT molecular complexity index is 3660. The van der Waals surface area contributed by atoms with Gasteiger partial charge < -0.3 is 14.2 Å². The lowest BCUT2D eigenvalue weighted by molar-refractivity contribution is 0.667. The molecule has 0 radical (unpaired) electrons. The molecule has 0 amide bonds. The molecule has 5 heteroatoms. The Labute approximate surface area is 351 Å². The smallest absolute Gasteiger partial charge is 0.169 e. The van der Waals surface area contributed by atoms with E-state index in [1.807, 2.05) is 18.2 Å². The maximum absolute atomic E-state index is 6.78. The molecule has 5 nitrogen and oxygen atoms in total. The molecule has 0 spiro atoms. The highest BCUT2D eigenvalue weighted by molar-refractivity contribution is 6.19. The highest BCUT2D eigenvalue weighted by Crippen LogP contribution is 2.46. The van der Waals surface area contributed by atoms with Crippen LogP contribution < -0.4 is 5.32 Å². The maximum atomic E-state index is 6.78. The molecule has 11 aromatic rings. The van der Waals surface area contributed by atoms with Crippen molar-refractivity contribution in [2.75, 3.05) is 0 Å². The van der Waals surface area contributed by atoms with Crippen LogP contribution in [0.3, 0.4) is 0 Å². The van der Waals surface area contributed by atoms with E-state index in [2.05, 4.69) is 169 Å². The molecule has 2 atom stereocenters. The van der Waals surface area contributed by atoms with Crippen LogP contribution in [-0.4, -0.2) is 11.7 Å². The molecule has 0 saturated heterocycles. The second kappa shape index (κ2) is 13.4. The minimum Gasteiger partial charge on any atom is -0.456 e. The van der Waals surface area contributed by atoms with Crippen LogP contribution in [0.25, 0.3) is 76.5 Å². The van der Waals surface area contributed by atoms with Crippen molar-refractivity contribution >= 4 is 77.1 Å². The summed E-state index contributed by atoms with van der Waals surface area (Å²) in [6, 6.07) is 65.0. The molecule has 1 N–H and O–H groups in total. The number of furan rings is 2. The fourth-order valence-corrected chi connectivity index (χ4v) is 10.0. The lowest BCUT2D eigenvalue weighted by Crippen LogP contribution is -2.36. The van der Waals surface area contributed by atoms with Gasteiger partial charge in [-0.3, -0.25) is 0 Å². The Morgan fingerprint density at radius 1 is 0.443 bits per heavy atom. The van der Waals surface area contributed by atoms with E-state index in [0.29, 0.717) is 0 Å². The third kappa shape index (κ3) is 5.54. The van der Waals surface area contributed by atoms with E-state index in [0.717, 1.165) is 90.5 Å². The van der Waals surface area contributed by atoms with Crippen LogP contribution in [0.5, 0.6) is 0 Å². The van der Waals surface area contributed by atoms with Gasteiger partial charge >= 0.3 is 0 Å². The molecule has 0 bridgehead atoms. The van der Waals surface area contributed by atoms with Gasteiger partial charge in [0.05, 0.1) is 0 Å². The zero-order valence-electron chi connectivity index (χ0n) is 33.1. The number of para-hydroxylation sites is 2. The largest absolute Gasteiger partial charge is 0.456 e. The summed E-state index contributed by atoms with van der Waals surface area (Å²) in [5, 5.41) is 13.0. The van der Waals surface area contributed by atoms with Crippen molar-refractivity contribution in [1.82, 2.24) is 5.32 Å². The molecular weight excluding hydrogens is 747 g/mol. The molecule has 2 aliphatic rings. The molecule has 61 heavy (non-hydrogen) atoms. The Kier molecular flexibility index (Phi) is 7.49. The number of benzene rings is 9. The average molecular weight is 784 g/mol. The highest BCUT2D eigenvalue weighted by atomic mass is 16.3. The van der Waals surface area contributed by atoms with E-state index in [9.17, 15) is 0 Å². The van der Waals surface area contributed by atoms with Gasteiger partial charge in [0.15, 0.2) is 6.17 Å². The van der Waals surface area contributed by atoms with Crippen molar-refractivity contribution in [3.63, 3.8) is 0 Å². The summed E-state index contributed by atoms with van der Waals surface area (Å²) in [5.41, 5.74) is 13.0.